The lowest BCUT2D eigenvalue weighted by atomic mass is 9.99. The van der Waals surface area contributed by atoms with Crippen LogP contribution in [-0.4, -0.2) is 36.2 Å². The van der Waals surface area contributed by atoms with E-state index in [1.807, 2.05) is 36.4 Å². The van der Waals surface area contributed by atoms with E-state index in [0.717, 1.165) is 5.56 Å². The predicted octanol–water partition coefficient (Wildman–Crippen LogP) is 1.89. The molecular weight excluding hydrogens is 322 g/mol. The van der Waals surface area contributed by atoms with Crippen LogP contribution in [0.15, 0.2) is 54.6 Å². The first-order chi connectivity index (χ1) is 12.1. The predicted molar refractivity (Wildman–Crippen MR) is 90.6 cm³/mol. The molecule has 0 saturated carbocycles. The maximum absolute atomic E-state index is 12.3. The zero-order valence-corrected chi connectivity index (χ0v) is 13.6. The second-order valence-corrected chi connectivity index (χ2v) is 5.83. The Morgan fingerprint density at radius 3 is 2.48 bits per heavy atom. The molecule has 6 nitrogen and oxygen atoms in total. The number of nitrogens with one attached hydrogen (secondary N) is 1. The quantitative estimate of drug-likeness (QED) is 0.838. The number of hydrogen-bond acceptors (Lipinski definition) is 4. The summed E-state index contributed by atoms with van der Waals surface area (Å²) in [5.41, 5.74) is 0.912. The minimum Gasteiger partial charge on any atom is -0.485 e. The van der Waals surface area contributed by atoms with E-state index in [2.05, 4.69) is 5.32 Å². The van der Waals surface area contributed by atoms with Gasteiger partial charge in [-0.25, -0.2) is 0 Å². The fourth-order valence-electron chi connectivity index (χ4n) is 2.63. The summed E-state index contributed by atoms with van der Waals surface area (Å²) in [6.07, 6.45) is -0.442. The molecule has 0 aromatic heterocycles. The summed E-state index contributed by atoms with van der Waals surface area (Å²) in [5, 5.41) is 12.0. The number of benzene rings is 2. The van der Waals surface area contributed by atoms with Crippen LogP contribution < -0.4 is 14.8 Å². The summed E-state index contributed by atoms with van der Waals surface area (Å²) in [5.74, 6) is -0.931. The lowest BCUT2D eigenvalue weighted by Gasteiger charge is -2.26. The normalized spacial score (nSPS) is 16.7. The van der Waals surface area contributed by atoms with Gasteiger partial charge in [0.15, 0.2) is 11.5 Å². The van der Waals surface area contributed by atoms with Crippen molar-refractivity contribution in [1.82, 2.24) is 5.32 Å². The number of carbonyl (C=O) groups is 2. The Balaban J connectivity index is 1.56. The van der Waals surface area contributed by atoms with Gasteiger partial charge in [0.25, 0.3) is 5.91 Å². The first-order valence-corrected chi connectivity index (χ1v) is 8.06. The van der Waals surface area contributed by atoms with Crippen LogP contribution in [0.1, 0.15) is 5.56 Å². The van der Waals surface area contributed by atoms with Crippen molar-refractivity contribution in [2.45, 2.75) is 12.5 Å². The van der Waals surface area contributed by atoms with Crippen LogP contribution in [0.25, 0.3) is 0 Å². The molecule has 2 atom stereocenters. The highest BCUT2D eigenvalue weighted by atomic mass is 16.6. The van der Waals surface area contributed by atoms with Gasteiger partial charge in [-0.05, 0) is 24.1 Å². The lowest BCUT2D eigenvalue weighted by Crippen LogP contribution is -2.46. The highest BCUT2D eigenvalue weighted by Gasteiger charge is 2.28. The van der Waals surface area contributed by atoms with Gasteiger partial charge in [-0.2, -0.15) is 0 Å². The van der Waals surface area contributed by atoms with Gasteiger partial charge in [0.2, 0.25) is 6.10 Å². The van der Waals surface area contributed by atoms with Gasteiger partial charge in [-0.1, -0.05) is 42.5 Å². The van der Waals surface area contributed by atoms with Crippen molar-refractivity contribution in [2.75, 3.05) is 13.2 Å². The van der Waals surface area contributed by atoms with Gasteiger partial charge >= 0.3 is 5.97 Å². The molecule has 3 rings (SSSR count). The molecule has 0 aliphatic carbocycles. The molecule has 1 aliphatic heterocycles. The smallest absolute Gasteiger partial charge is 0.308 e. The molecule has 0 spiro atoms. The molecule has 1 aliphatic rings. The topological polar surface area (TPSA) is 84.9 Å². The molecule has 0 bridgehead atoms. The summed E-state index contributed by atoms with van der Waals surface area (Å²) in [6, 6.07) is 16.4. The van der Waals surface area contributed by atoms with Crippen molar-refractivity contribution in [3.63, 3.8) is 0 Å². The third-order valence-corrected chi connectivity index (χ3v) is 4.00. The summed E-state index contributed by atoms with van der Waals surface area (Å²) in [6.45, 7) is 0.129. The second-order valence-electron chi connectivity index (χ2n) is 5.83. The molecule has 1 heterocycles. The van der Waals surface area contributed by atoms with E-state index in [0.29, 0.717) is 17.9 Å². The van der Waals surface area contributed by atoms with Crippen molar-refractivity contribution in [3.05, 3.63) is 60.2 Å². The summed E-state index contributed by atoms with van der Waals surface area (Å²) in [4.78, 5) is 23.7. The van der Waals surface area contributed by atoms with E-state index in [4.69, 9.17) is 9.47 Å². The number of rotatable bonds is 6. The highest BCUT2D eigenvalue weighted by molar-refractivity contribution is 5.82. The second kappa shape index (κ2) is 7.70. The number of carbonyl (C=O) groups excluding carboxylic acids is 1. The Morgan fingerprint density at radius 2 is 1.76 bits per heavy atom. The van der Waals surface area contributed by atoms with Crippen LogP contribution in [0, 0.1) is 5.92 Å². The number of aliphatic carboxylic acids is 1. The van der Waals surface area contributed by atoms with Crippen LogP contribution in [0.3, 0.4) is 0 Å². The van der Waals surface area contributed by atoms with E-state index in [-0.39, 0.29) is 19.1 Å². The average Bonchev–Trinajstić information content (AvgIpc) is 2.65. The third-order valence-electron chi connectivity index (χ3n) is 4.00. The van der Waals surface area contributed by atoms with Gasteiger partial charge in [0.05, 0.1) is 5.92 Å². The Labute approximate surface area is 145 Å². The van der Waals surface area contributed by atoms with Crippen LogP contribution in [0.4, 0.5) is 0 Å². The molecular formula is C19H19NO5. The molecule has 0 saturated heterocycles. The number of fused-ring (bicyclic) bond motifs is 1. The minimum atomic E-state index is -0.949. The molecule has 2 aromatic rings. The van der Waals surface area contributed by atoms with Crippen molar-refractivity contribution in [1.29, 1.82) is 0 Å². The summed E-state index contributed by atoms with van der Waals surface area (Å²) < 4.78 is 11.1. The number of carboxylic acids is 1. The van der Waals surface area contributed by atoms with Gasteiger partial charge < -0.3 is 19.9 Å². The maximum Gasteiger partial charge on any atom is 0.308 e. The zero-order chi connectivity index (χ0) is 17.6. The minimum absolute atomic E-state index is 0.0323. The van der Waals surface area contributed by atoms with Crippen LogP contribution in [0.5, 0.6) is 11.5 Å². The fourth-order valence-corrected chi connectivity index (χ4v) is 2.63. The van der Waals surface area contributed by atoms with Gasteiger partial charge in [-0.15, -0.1) is 0 Å². The first kappa shape index (κ1) is 16.8. The Morgan fingerprint density at radius 1 is 1.08 bits per heavy atom. The molecule has 130 valence electrons. The van der Waals surface area contributed by atoms with Crippen LogP contribution in [0.2, 0.25) is 0 Å². The SMILES string of the molecule is O=C(O)C(CNC(=O)C1COc2ccccc2O1)Cc1ccccc1. The Bertz CT molecular complexity index is 746. The Kier molecular flexibility index (Phi) is 5.18. The molecule has 1 amide bonds. The molecule has 6 heteroatoms. The molecule has 2 unspecified atom stereocenters. The van der Waals surface area contributed by atoms with Crippen molar-refractivity contribution >= 4 is 11.9 Å². The lowest BCUT2D eigenvalue weighted by molar-refractivity contribution is -0.141. The zero-order valence-electron chi connectivity index (χ0n) is 13.6. The monoisotopic (exact) mass is 341 g/mol. The Hall–Kier alpha value is -3.02. The molecule has 0 radical (unpaired) electrons. The third kappa shape index (κ3) is 4.29. The number of ether oxygens (including phenoxy) is 2. The van der Waals surface area contributed by atoms with Crippen molar-refractivity contribution in [2.24, 2.45) is 5.92 Å². The van der Waals surface area contributed by atoms with Crippen LogP contribution >= 0.6 is 0 Å². The van der Waals surface area contributed by atoms with E-state index in [1.165, 1.54) is 0 Å². The van der Waals surface area contributed by atoms with Crippen molar-refractivity contribution < 1.29 is 24.2 Å². The van der Waals surface area contributed by atoms with E-state index < -0.39 is 18.0 Å². The summed E-state index contributed by atoms with van der Waals surface area (Å²) >= 11 is 0. The average molecular weight is 341 g/mol. The van der Waals surface area contributed by atoms with E-state index >= 15 is 0 Å². The molecule has 2 N–H and O–H groups in total. The van der Waals surface area contributed by atoms with Crippen LogP contribution in [-0.2, 0) is 16.0 Å². The number of hydrogen-bond donors (Lipinski definition) is 2. The standard InChI is InChI=1S/C19H19NO5/c21-18(17-12-24-15-8-4-5-9-16(15)25-17)20-11-14(19(22)23)10-13-6-2-1-3-7-13/h1-9,14,17H,10-12H2,(H,20,21)(H,22,23). The number of amides is 1. The molecule has 25 heavy (non-hydrogen) atoms. The fraction of sp³-hybridized carbons (Fsp3) is 0.263. The van der Waals surface area contributed by atoms with Gasteiger partial charge in [0.1, 0.15) is 6.61 Å². The highest BCUT2D eigenvalue weighted by Crippen LogP contribution is 2.30. The molecule has 0 fully saturated rings. The first-order valence-electron chi connectivity index (χ1n) is 8.06. The number of para-hydroxylation sites is 2. The number of carboxylic acid groups (broad SMARTS) is 1. The maximum atomic E-state index is 12.3. The summed E-state index contributed by atoms with van der Waals surface area (Å²) in [7, 11) is 0. The largest absolute Gasteiger partial charge is 0.485 e. The molecule has 2 aromatic carbocycles. The van der Waals surface area contributed by atoms with E-state index in [1.54, 1.807) is 18.2 Å². The van der Waals surface area contributed by atoms with Gasteiger partial charge in [-0.3, -0.25) is 9.59 Å². The van der Waals surface area contributed by atoms with Crippen molar-refractivity contribution in [3.8, 4) is 11.5 Å². The van der Waals surface area contributed by atoms with E-state index in [9.17, 15) is 14.7 Å². The van der Waals surface area contributed by atoms with Gasteiger partial charge in [0, 0.05) is 6.54 Å².